The summed E-state index contributed by atoms with van der Waals surface area (Å²) in [6, 6.07) is 6.26. The average Bonchev–Trinajstić information content (AvgIpc) is 2.30. The van der Waals surface area contributed by atoms with E-state index in [0.29, 0.717) is 11.3 Å². The predicted molar refractivity (Wildman–Crippen MR) is 64.8 cm³/mol. The number of azide groups is 1. The Morgan fingerprint density at radius 3 is 2.35 bits per heavy atom. The molecule has 1 aromatic carbocycles. The van der Waals surface area contributed by atoms with E-state index in [-0.39, 0.29) is 12.6 Å². The van der Waals surface area contributed by atoms with Crippen LogP contribution in [-0.2, 0) is 0 Å². The highest BCUT2D eigenvalue weighted by molar-refractivity contribution is 5.39. The predicted octanol–water partition coefficient (Wildman–Crippen LogP) is 1.58. The van der Waals surface area contributed by atoms with Crippen molar-refractivity contribution < 1.29 is 10.2 Å². The van der Waals surface area contributed by atoms with Crippen molar-refractivity contribution in [2.45, 2.75) is 12.1 Å². The molecule has 0 spiro atoms. The molecular formula is C11H16N4O2. The van der Waals surface area contributed by atoms with Gasteiger partial charge in [0.15, 0.2) is 0 Å². The van der Waals surface area contributed by atoms with Crippen LogP contribution in [0.1, 0.15) is 11.7 Å². The first-order valence-corrected chi connectivity index (χ1v) is 5.20. The minimum atomic E-state index is -0.782. The van der Waals surface area contributed by atoms with Gasteiger partial charge in [0.05, 0.1) is 18.8 Å². The van der Waals surface area contributed by atoms with Crippen molar-refractivity contribution >= 4 is 5.69 Å². The van der Waals surface area contributed by atoms with Crippen LogP contribution in [0.2, 0.25) is 0 Å². The highest BCUT2D eigenvalue weighted by Crippen LogP contribution is 2.22. The number of rotatable bonds is 5. The maximum Gasteiger partial charge on any atom is 0.0967 e. The number of aliphatic hydroxyl groups excluding tert-OH is 2. The minimum absolute atomic E-state index is 0.133. The Balaban J connectivity index is 2.88. The van der Waals surface area contributed by atoms with Gasteiger partial charge in [-0.3, -0.25) is 0 Å². The van der Waals surface area contributed by atoms with Crippen LogP contribution in [0.15, 0.2) is 29.4 Å². The molecule has 0 aromatic heterocycles. The van der Waals surface area contributed by atoms with Crippen molar-refractivity contribution in [3.8, 4) is 0 Å². The molecule has 1 rings (SSSR count). The Morgan fingerprint density at radius 1 is 1.35 bits per heavy atom. The molecule has 0 saturated heterocycles. The number of hydrogen-bond acceptors (Lipinski definition) is 4. The summed E-state index contributed by atoms with van der Waals surface area (Å²) in [5, 5.41) is 22.7. The second kappa shape index (κ2) is 6.22. The van der Waals surface area contributed by atoms with E-state index in [9.17, 15) is 10.2 Å². The van der Waals surface area contributed by atoms with E-state index < -0.39 is 6.10 Å². The van der Waals surface area contributed by atoms with E-state index in [0.717, 1.165) is 0 Å². The van der Waals surface area contributed by atoms with Crippen LogP contribution in [0.5, 0.6) is 0 Å². The molecule has 2 unspecified atom stereocenters. The number of nitrogens with zero attached hydrogens (tertiary/aromatic N) is 4. The lowest BCUT2D eigenvalue weighted by Gasteiger charge is -2.27. The molecule has 0 fully saturated rings. The molecule has 2 atom stereocenters. The average molecular weight is 236 g/mol. The van der Waals surface area contributed by atoms with Gasteiger partial charge in [0.25, 0.3) is 0 Å². The van der Waals surface area contributed by atoms with Gasteiger partial charge in [-0.15, -0.1) is 0 Å². The van der Waals surface area contributed by atoms with Gasteiger partial charge in [0.2, 0.25) is 0 Å². The van der Waals surface area contributed by atoms with E-state index in [1.807, 2.05) is 0 Å². The molecule has 6 nitrogen and oxygen atoms in total. The van der Waals surface area contributed by atoms with Gasteiger partial charge in [0.1, 0.15) is 0 Å². The van der Waals surface area contributed by atoms with E-state index in [2.05, 4.69) is 10.0 Å². The lowest BCUT2D eigenvalue weighted by atomic mass is 10.0. The van der Waals surface area contributed by atoms with E-state index in [4.69, 9.17) is 5.53 Å². The normalized spacial score (nSPS) is 14.2. The highest BCUT2D eigenvalue weighted by atomic mass is 16.3. The molecule has 0 amide bonds. The fourth-order valence-electron chi connectivity index (χ4n) is 1.56. The van der Waals surface area contributed by atoms with E-state index in [1.54, 1.807) is 43.3 Å². The highest BCUT2D eigenvalue weighted by Gasteiger charge is 2.21. The first-order valence-electron chi connectivity index (χ1n) is 5.20. The summed E-state index contributed by atoms with van der Waals surface area (Å²) in [4.78, 5) is 4.43. The van der Waals surface area contributed by atoms with E-state index in [1.165, 1.54) is 0 Å². The molecule has 0 heterocycles. The third-order valence-electron chi connectivity index (χ3n) is 2.61. The molecule has 6 heteroatoms. The Morgan fingerprint density at radius 2 is 1.94 bits per heavy atom. The number of benzene rings is 1. The summed E-state index contributed by atoms with van der Waals surface area (Å²) in [7, 11) is 3.58. The zero-order valence-corrected chi connectivity index (χ0v) is 9.85. The number of hydrogen-bond donors (Lipinski definition) is 2. The Labute approximate surface area is 99.7 Å². The topological polar surface area (TPSA) is 92.5 Å². The molecule has 0 saturated carbocycles. The zero-order chi connectivity index (χ0) is 12.8. The Kier molecular flexibility index (Phi) is 4.93. The van der Waals surface area contributed by atoms with Gasteiger partial charge in [-0.05, 0) is 25.2 Å². The van der Waals surface area contributed by atoms with Crippen LogP contribution < -0.4 is 0 Å². The summed E-state index contributed by atoms with van der Waals surface area (Å²) < 4.78 is 0. The number of aliphatic hydroxyl groups is 2. The minimum Gasteiger partial charge on any atom is -0.395 e. The fraction of sp³-hybridized carbons (Fsp3) is 0.455. The van der Waals surface area contributed by atoms with Gasteiger partial charge in [-0.1, -0.05) is 29.4 Å². The van der Waals surface area contributed by atoms with Gasteiger partial charge >= 0.3 is 0 Å². The second-order valence-electron chi connectivity index (χ2n) is 3.94. The van der Waals surface area contributed by atoms with Gasteiger partial charge in [-0.25, -0.2) is 0 Å². The molecule has 17 heavy (non-hydrogen) atoms. The summed E-state index contributed by atoms with van der Waals surface area (Å²) in [6.45, 7) is -0.133. The molecule has 0 aliphatic carbocycles. The first kappa shape index (κ1) is 13.5. The standard InChI is InChI=1S/C11H16N4O2/c1-15(2)10(7-16)11(17)8-3-5-9(6-4-8)13-14-12/h3-6,10-11,16-17H,7H2,1-2H3. The van der Waals surface area contributed by atoms with Crippen LogP contribution in [0.25, 0.3) is 10.4 Å². The summed E-state index contributed by atoms with van der Waals surface area (Å²) in [6.07, 6.45) is -0.782. The van der Waals surface area contributed by atoms with Crippen LogP contribution in [0, 0.1) is 0 Å². The molecule has 0 radical (unpaired) electrons. The maximum atomic E-state index is 10.1. The van der Waals surface area contributed by atoms with Crippen molar-refractivity contribution in [3.05, 3.63) is 40.3 Å². The van der Waals surface area contributed by atoms with E-state index >= 15 is 0 Å². The van der Waals surface area contributed by atoms with Crippen molar-refractivity contribution in [2.24, 2.45) is 5.11 Å². The fourth-order valence-corrected chi connectivity index (χ4v) is 1.56. The van der Waals surface area contributed by atoms with Gasteiger partial charge < -0.3 is 15.1 Å². The lowest BCUT2D eigenvalue weighted by Crippen LogP contribution is -2.37. The monoisotopic (exact) mass is 236 g/mol. The summed E-state index contributed by atoms with van der Waals surface area (Å²) in [5.41, 5.74) is 9.44. The Bertz CT molecular complexity index is 398. The van der Waals surface area contributed by atoms with Crippen LogP contribution in [0.4, 0.5) is 5.69 Å². The number of likely N-dealkylation sites (N-methyl/N-ethyl adjacent to an activating group) is 1. The van der Waals surface area contributed by atoms with Crippen molar-refractivity contribution in [1.29, 1.82) is 0 Å². The SMILES string of the molecule is CN(C)C(CO)C(O)c1ccc(N=[N+]=[N-])cc1. The van der Waals surface area contributed by atoms with Crippen LogP contribution in [-0.4, -0.2) is 41.9 Å². The zero-order valence-electron chi connectivity index (χ0n) is 9.85. The second-order valence-corrected chi connectivity index (χ2v) is 3.94. The van der Waals surface area contributed by atoms with Crippen molar-refractivity contribution in [2.75, 3.05) is 20.7 Å². The molecule has 0 aliphatic rings. The first-order chi connectivity index (χ1) is 8.10. The molecular weight excluding hydrogens is 220 g/mol. The van der Waals surface area contributed by atoms with Crippen LogP contribution in [0.3, 0.4) is 0 Å². The van der Waals surface area contributed by atoms with Crippen molar-refractivity contribution in [3.63, 3.8) is 0 Å². The molecule has 1 aromatic rings. The Hall–Kier alpha value is -1.59. The third-order valence-corrected chi connectivity index (χ3v) is 2.61. The van der Waals surface area contributed by atoms with Crippen LogP contribution >= 0.6 is 0 Å². The smallest absolute Gasteiger partial charge is 0.0967 e. The van der Waals surface area contributed by atoms with Crippen molar-refractivity contribution in [1.82, 2.24) is 4.90 Å². The molecule has 2 N–H and O–H groups in total. The third kappa shape index (κ3) is 3.44. The quantitative estimate of drug-likeness (QED) is 0.462. The largest absolute Gasteiger partial charge is 0.395 e. The molecule has 0 bridgehead atoms. The summed E-state index contributed by atoms with van der Waals surface area (Å²) >= 11 is 0. The maximum absolute atomic E-state index is 10.1. The lowest BCUT2D eigenvalue weighted by molar-refractivity contribution is 0.0390. The summed E-state index contributed by atoms with van der Waals surface area (Å²) in [5.74, 6) is 0. The molecule has 0 aliphatic heterocycles. The van der Waals surface area contributed by atoms with Gasteiger partial charge in [-0.2, -0.15) is 0 Å². The van der Waals surface area contributed by atoms with Gasteiger partial charge in [0, 0.05) is 10.6 Å². The molecule has 92 valence electrons.